The number of carbonyl (C=O) groups is 1. The summed E-state index contributed by atoms with van der Waals surface area (Å²) in [5.41, 5.74) is 0.152. The number of ketones is 1. The van der Waals surface area contributed by atoms with Crippen LogP contribution in [0.2, 0.25) is 0 Å². The van der Waals surface area contributed by atoms with Gasteiger partial charge in [-0.2, -0.15) is 18.2 Å². The second-order valence-corrected chi connectivity index (χ2v) is 8.73. The lowest BCUT2D eigenvalue weighted by molar-refractivity contribution is -0.137. The van der Waals surface area contributed by atoms with E-state index in [0.29, 0.717) is 42.6 Å². The first-order valence-corrected chi connectivity index (χ1v) is 10.8. The van der Waals surface area contributed by atoms with Gasteiger partial charge in [-0.15, -0.1) is 0 Å². The molecule has 0 atom stereocenters. The number of rotatable bonds is 7. The average Bonchev–Trinajstić information content (AvgIpc) is 2.72. The lowest BCUT2D eigenvalue weighted by atomic mass is 9.94. The van der Waals surface area contributed by atoms with E-state index in [9.17, 15) is 23.2 Å². The first kappa shape index (κ1) is 23.9. The lowest BCUT2D eigenvalue weighted by Crippen LogP contribution is -2.28. The molecule has 0 radical (unpaired) electrons. The van der Waals surface area contributed by atoms with Crippen LogP contribution in [-0.2, 0) is 11.0 Å². The topological polar surface area (TPSA) is 90.4 Å². The second-order valence-electron chi connectivity index (χ2n) is 7.62. The molecule has 1 aromatic heterocycles. The normalized spacial score (nSPS) is 14.9. The molecule has 11 heteroatoms. The number of hydrogen-bond donors (Lipinski definition) is 3. The summed E-state index contributed by atoms with van der Waals surface area (Å²) in [5.74, 6) is -0.593. The average molecular weight is 468 g/mol. The van der Waals surface area contributed by atoms with Crippen molar-refractivity contribution in [3.63, 3.8) is 0 Å². The molecule has 0 bridgehead atoms. The molecule has 0 unspecified atom stereocenters. The van der Waals surface area contributed by atoms with E-state index in [1.807, 2.05) is 6.92 Å². The lowest BCUT2D eigenvalue weighted by Gasteiger charge is -2.25. The van der Waals surface area contributed by atoms with E-state index >= 15 is 0 Å². The third-order valence-corrected chi connectivity index (χ3v) is 5.54. The van der Waals surface area contributed by atoms with Crippen molar-refractivity contribution < 1.29 is 23.2 Å². The molecule has 0 spiro atoms. The molecule has 32 heavy (non-hydrogen) atoms. The molecule has 7 nitrogen and oxygen atoms in total. The monoisotopic (exact) mass is 467 g/mol. The summed E-state index contributed by atoms with van der Waals surface area (Å²) in [5, 5.41) is 14.2. The van der Waals surface area contributed by atoms with Gasteiger partial charge in [-0.25, -0.2) is 10.0 Å². The molecule has 1 fully saturated rings. The number of halogens is 3. The van der Waals surface area contributed by atoms with E-state index in [1.165, 1.54) is 18.0 Å². The number of nitrogens with one attached hydrogen (secondary N) is 2. The highest BCUT2D eigenvalue weighted by Crippen LogP contribution is 2.40. The molecule has 1 aromatic carbocycles. The molecule has 1 aliphatic carbocycles. The van der Waals surface area contributed by atoms with Gasteiger partial charge < -0.3 is 10.0 Å². The number of anilines is 4. The highest BCUT2D eigenvalue weighted by Gasteiger charge is 2.37. The highest BCUT2D eigenvalue weighted by atomic mass is 32.2. The van der Waals surface area contributed by atoms with Crippen LogP contribution in [0, 0.1) is 6.92 Å². The van der Waals surface area contributed by atoms with E-state index in [0.717, 1.165) is 10.5 Å². The van der Waals surface area contributed by atoms with Gasteiger partial charge >= 0.3 is 6.18 Å². The predicted octanol–water partition coefficient (Wildman–Crippen LogP) is 5.85. The first-order valence-electron chi connectivity index (χ1n) is 9.95. The van der Waals surface area contributed by atoms with Crippen LogP contribution in [0.3, 0.4) is 0 Å². The van der Waals surface area contributed by atoms with Gasteiger partial charge in [0.25, 0.3) is 0 Å². The van der Waals surface area contributed by atoms with Crippen molar-refractivity contribution >= 4 is 40.9 Å². The van der Waals surface area contributed by atoms with Crippen molar-refractivity contribution in [2.24, 2.45) is 0 Å². The Labute approximate surface area is 188 Å². The first-order chi connectivity index (χ1) is 15.0. The quantitative estimate of drug-likeness (QED) is 0.345. The maximum Gasteiger partial charge on any atom is 0.421 e. The molecule has 3 rings (SSSR count). The Hall–Kier alpha value is -2.79. The Morgan fingerprint density at radius 2 is 2.00 bits per heavy atom. The van der Waals surface area contributed by atoms with Gasteiger partial charge in [-0.1, -0.05) is 12.6 Å². The summed E-state index contributed by atoms with van der Waals surface area (Å²) in [6.07, 6.45) is -2.24. The number of carbonyl (C=O) groups excluding carboxylic acids is 1. The minimum atomic E-state index is -4.78. The Bertz CT molecular complexity index is 1010. The molecule has 0 aliphatic heterocycles. The molecule has 0 amide bonds. The fourth-order valence-electron chi connectivity index (χ4n) is 3.24. The molecular weight excluding hydrogens is 443 g/mol. The zero-order chi connectivity index (χ0) is 23.5. The Morgan fingerprint density at radius 1 is 1.31 bits per heavy atom. The van der Waals surface area contributed by atoms with E-state index in [1.54, 1.807) is 19.1 Å². The maximum absolute atomic E-state index is 13.7. The molecule has 1 heterocycles. The third kappa shape index (κ3) is 5.92. The number of hydrogen-bond acceptors (Lipinski definition) is 8. The molecule has 3 N–H and O–H groups in total. The van der Waals surface area contributed by atoms with Gasteiger partial charge in [0.15, 0.2) is 5.82 Å². The summed E-state index contributed by atoms with van der Waals surface area (Å²) >= 11 is 1.18. The van der Waals surface area contributed by atoms with E-state index in [-0.39, 0.29) is 23.5 Å². The maximum atomic E-state index is 13.7. The SMILES string of the molecule is C=C(C)SNc1cc(C)ccc1N(O)c1nc(NC2CCC(=O)CC2)ncc1C(F)(F)F. The van der Waals surface area contributed by atoms with Crippen LogP contribution in [0.5, 0.6) is 0 Å². The molecular formula is C21H24F3N5O2S. The zero-order valence-electron chi connectivity index (χ0n) is 17.7. The standard InChI is InChI=1S/C21H24F3N5O2S/c1-12(2)32-28-17-10-13(3)4-9-18(17)29(31)19-16(21(22,23)24)11-25-20(27-19)26-14-5-7-15(30)8-6-14/h4,9-11,14,28,31H,1,5-8H2,2-3H3,(H,25,26,27). The van der Waals surface area contributed by atoms with Crippen LogP contribution >= 0.6 is 11.9 Å². The smallest absolute Gasteiger partial charge is 0.351 e. The summed E-state index contributed by atoms with van der Waals surface area (Å²) in [7, 11) is 0. The number of aryl methyl sites for hydroxylation is 1. The summed E-state index contributed by atoms with van der Waals surface area (Å²) in [6, 6.07) is 4.73. The van der Waals surface area contributed by atoms with Crippen LogP contribution in [-0.4, -0.2) is 27.0 Å². The highest BCUT2D eigenvalue weighted by molar-refractivity contribution is 8.04. The number of Topliss-reactive ketones (excluding diaryl/α,β-unsaturated/α-hetero) is 1. The fourth-order valence-corrected chi connectivity index (χ4v) is 3.69. The van der Waals surface area contributed by atoms with E-state index in [2.05, 4.69) is 26.6 Å². The molecule has 2 aromatic rings. The van der Waals surface area contributed by atoms with Gasteiger partial charge in [-0.3, -0.25) is 10.0 Å². The predicted molar refractivity (Wildman–Crippen MR) is 119 cm³/mol. The molecule has 172 valence electrons. The van der Waals surface area contributed by atoms with Gasteiger partial charge in [-0.05, 0) is 61.2 Å². The van der Waals surface area contributed by atoms with Crippen molar-refractivity contribution in [2.45, 2.75) is 51.7 Å². The van der Waals surface area contributed by atoms with Gasteiger partial charge in [0.2, 0.25) is 5.95 Å². The van der Waals surface area contributed by atoms with Crippen LogP contribution in [0.4, 0.5) is 36.3 Å². The number of allylic oxidation sites excluding steroid dienone is 1. The van der Waals surface area contributed by atoms with E-state index in [4.69, 9.17) is 0 Å². The van der Waals surface area contributed by atoms with Crippen molar-refractivity contribution in [1.29, 1.82) is 0 Å². The van der Waals surface area contributed by atoms with E-state index < -0.39 is 17.6 Å². The van der Waals surface area contributed by atoms with Crippen LogP contribution in [0.25, 0.3) is 0 Å². The number of alkyl halides is 3. The summed E-state index contributed by atoms with van der Waals surface area (Å²) in [6.45, 7) is 7.36. The van der Waals surface area contributed by atoms with Crippen molar-refractivity contribution in [3.05, 3.63) is 47.0 Å². The second kappa shape index (κ2) is 9.78. The van der Waals surface area contributed by atoms with Crippen molar-refractivity contribution in [2.75, 3.05) is 15.1 Å². The summed E-state index contributed by atoms with van der Waals surface area (Å²) in [4.78, 5) is 19.9. The van der Waals surface area contributed by atoms with Gasteiger partial charge in [0.05, 0.1) is 11.4 Å². The van der Waals surface area contributed by atoms with Crippen molar-refractivity contribution in [3.8, 4) is 0 Å². The minimum Gasteiger partial charge on any atom is -0.351 e. The number of aromatic nitrogens is 2. The Balaban J connectivity index is 1.97. The molecule has 1 aliphatic rings. The van der Waals surface area contributed by atoms with Crippen LogP contribution in [0.15, 0.2) is 35.9 Å². The van der Waals surface area contributed by atoms with Gasteiger partial charge in [0, 0.05) is 25.1 Å². The summed E-state index contributed by atoms with van der Waals surface area (Å²) < 4.78 is 44.0. The number of nitrogens with zero attached hydrogens (tertiary/aromatic N) is 3. The van der Waals surface area contributed by atoms with Gasteiger partial charge in [0.1, 0.15) is 11.3 Å². The van der Waals surface area contributed by atoms with Crippen LogP contribution < -0.4 is 15.1 Å². The minimum absolute atomic E-state index is 0.0515. The van der Waals surface area contributed by atoms with Crippen LogP contribution in [0.1, 0.15) is 43.7 Å². The van der Waals surface area contributed by atoms with Crippen molar-refractivity contribution in [1.82, 2.24) is 9.97 Å². The Kier molecular flexibility index (Phi) is 7.29. The largest absolute Gasteiger partial charge is 0.421 e. The zero-order valence-corrected chi connectivity index (χ0v) is 18.5. The number of benzene rings is 1. The molecule has 1 saturated carbocycles. The molecule has 0 saturated heterocycles. The third-order valence-electron chi connectivity index (χ3n) is 4.87. The Morgan fingerprint density at radius 3 is 2.62 bits per heavy atom. The fraction of sp³-hybridized carbons (Fsp3) is 0.381.